The Labute approximate surface area is 151 Å². The van der Waals surface area contributed by atoms with Gasteiger partial charge in [-0.25, -0.2) is 9.07 Å². The SMILES string of the molecule is O=C(Nc1ccc(OCC(F)(F)F)c(F)c1)c1cnn(-c2ccccc2)c1. The van der Waals surface area contributed by atoms with E-state index in [1.165, 1.54) is 23.1 Å². The fourth-order valence-corrected chi connectivity index (χ4v) is 2.22. The maximum atomic E-state index is 13.8. The Morgan fingerprint density at radius 3 is 2.56 bits per heavy atom. The minimum Gasteiger partial charge on any atom is -0.481 e. The highest BCUT2D eigenvalue weighted by Gasteiger charge is 2.29. The fourth-order valence-electron chi connectivity index (χ4n) is 2.22. The molecular weight excluding hydrogens is 366 g/mol. The van der Waals surface area contributed by atoms with Gasteiger partial charge in [0, 0.05) is 18.0 Å². The van der Waals surface area contributed by atoms with Crippen LogP contribution in [0.25, 0.3) is 5.69 Å². The van der Waals surface area contributed by atoms with Gasteiger partial charge in [-0.15, -0.1) is 0 Å². The van der Waals surface area contributed by atoms with Gasteiger partial charge < -0.3 is 10.1 Å². The Hall–Kier alpha value is -3.36. The van der Waals surface area contributed by atoms with Crippen molar-refractivity contribution in [2.24, 2.45) is 0 Å². The van der Waals surface area contributed by atoms with Crippen molar-refractivity contribution in [2.45, 2.75) is 6.18 Å². The molecule has 0 saturated heterocycles. The van der Waals surface area contributed by atoms with Crippen molar-refractivity contribution in [1.29, 1.82) is 0 Å². The minimum atomic E-state index is -4.57. The highest BCUT2D eigenvalue weighted by atomic mass is 19.4. The number of para-hydroxylation sites is 1. The van der Waals surface area contributed by atoms with Crippen molar-refractivity contribution < 1.29 is 27.1 Å². The van der Waals surface area contributed by atoms with Crippen molar-refractivity contribution in [3.63, 3.8) is 0 Å². The molecule has 0 aliphatic heterocycles. The lowest BCUT2D eigenvalue weighted by Crippen LogP contribution is -2.19. The van der Waals surface area contributed by atoms with Crippen LogP contribution in [0.5, 0.6) is 5.75 Å². The van der Waals surface area contributed by atoms with Crippen LogP contribution in [-0.4, -0.2) is 28.5 Å². The number of carbonyl (C=O) groups excluding carboxylic acids is 1. The third-order valence-electron chi connectivity index (χ3n) is 3.45. The van der Waals surface area contributed by atoms with Crippen LogP contribution >= 0.6 is 0 Å². The van der Waals surface area contributed by atoms with Crippen LogP contribution < -0.4 is 10.1 Å². The molecule has 0 aliphatic carbocycles. The molecular formula is C18H13F4N3O2. The number of carbonyl (C=O) groups is 1. The summed E-state index contributed by atoms with van der Waals surface area (Å²) in [6, 6.07) is 12.2. The molecule has 27 heavy (non-hydrogen) atoms. The zero-order valence-electron chi connectivity index (χ0n) is 13.7. The Morgan fingerprint density at radius 1 is 1.15 bits per heavy atom. The summed E-state index contributed by atoms with van der Waals surface area (Å²) in [7, 11) is 0. The molecule has 2 aromatic carbocycles. The predicted molar refractivity (Wildman–Crippen MR) is 89.5 cm³/mol. The Kier molecular flexibility index (Phi) is 5.11. The molecule has 9 heteroatoms. The molecule has 1 amide bonds. The first-order chi connectivity index (χ1) is 12.8. The van der Waals surface area contributed by atoms with Gasteiger partial charge in [0.2, 0.25) is 0 Å². The van der Waals surface area contributed by atoms with Crippen LogP contribution in [0.1, 0.15) is 10.4 Å². The van der Waals surface area contributed by atoms with E-state index >= 15 is 0 Å². The molecule has 0 aliphatic rings. The van der Waals surface area contributed by atoms with Crippen molar-refractivity contribution in [2.75, 3.05) is 11.9 Å². The van der Waals surface area contributed by atoms with Crippen LogP contribution in [0.2, 0.25) is 0 Å². The lowest BCUT2D eigenvalue weighted by atomic mass is 10.2. The Balaban J connectivity index is 1.68. The smallest absolute Gasteiger partial charge is 0.422 e. The van der Waals surface area contributed by atoms with E-state index in [2.05, 4.69) is 15.2 Å². The Morgan fingerprint density at radius 2 is 1.89 bits per heavy atom. The monoisotopic (exact) mass is 379 g/mol. The van der Waals surface area contributed by atoms with Gasteiger partial charge in [0.25, 0.3) is 5.91 Å². The molecule has 0 spiro atoms. The number of amides is 1. The highest BCUT2D eigenvalue weighted by molar-refractivity contribution is 6.04. The third-order valence-corrected chi connectivity index (χ3v) is 3.45. The van der Waals surface area contributed by atoms with E-state index in [1.54, 1.807) is 0 Å². The van der Waals surface area contributed by atoms with Crippen molar-refractivity contribution in [3.8, 4) is 11.4 Å². The fraction of sp³-hybridized carbons (Fsp3) is 0.111. The summed E-state index contributed by atoms with van der Waals surface area (Å²) in [4.78, 5) is 12.2. The zero-order chi connectivity index (χ0) is 19.4. The summed E-state index contributed by atoms with van der Waals surface area (Å²) in [6.07, 6.45) is -1.72. The summed E-state index contributed by atoms with van der Waals surface area (Å²) in [6.45, 7) is -1.60. The molecule has 3 aromatic rings. The molecule has 1 N–H and O–H groups in total. The highest BCUT2D eigenvalue weighted by Crippen LogP contribution is 2.24. The third kappa shape index (κ3) is 4.84. The van der Waals surface area contributed by atoms with E-state index in [4.69, 9.17) is 0 Å². The maximum Gasteiger partial charge on any atom is 0.422 e. The van der Waals surface area contributed by atoms with Gasteiger partial charge in [-0.3, -0.25) is 4.79 Å². The number of hydrogen-bond donors (Lipinski definition) is 1. The van der Waals surface area contributed by atoms with E-state index in [1.807, 2.05) is 30.3 Å². The van der Waals surface area contributed by atoms with Gasteiger partial charge in [0.05, 0.1) is 17.4 Å². The number of alkyl halides is 3. The molecule has 140 valence electrons. The second-order valence-electron chi connectivity index (χ2n) is 5.51. The van der Waals surface area contributed by atoms with Crippen LogP contribution in [0.3, 0.4) is 0 Å². The molecule has 0 unspecified atom stereocenters. The van der Waals surface area contributed by atoms with Crippen molar-refractivity contribution in [1.82, 2.24) is 9.78 Å². The molecule has 0 fully saturated rings. The van der Waals surface area contributed by atoms with E-state index in [0.717, 1.165) is 17.8 Å². The molecule has 0 bridgehead atoms. The number of rotatable bonds is 5. The molecule has 3 rings (SSSR count). The summed E-state index contributed by atoms with van der Waals surface area (Å²) in [5.41, 5.74) is 1.06. The number of benzene rings is 2. The number of aromatic nitrogens is 2. The van der Waals surface area contributed by atoms with E-state index in [0.29, 0.717) is 0 Å². The van der Waals surface area contributed by atoms with Crippen LogP contribution in [0, 0.1) is 5.82 Å². The molecule has 0 radical (unpaired) electrons. The number of hydrogen-bond acceptors (Lipinski definition) is 3. The number of halogens is 4. The first-order valence-corrected chi connectivity index (χ1v) is 7.72. The zero-order valence-corrected chi connectivity index (χ0v) is 13.7. The number of nitrogens with zero attached hydrogens (tertiary/aromatic N) is 2. The molecule has 1 heterocycles. The average Bonchev–Trinajstić information content (AvgIpc) is 3.11. The van der Waals surface area contributed by atoms with Crippen LogP contribution in [0.15, 0.2) is 60.9 Å². The van der Waals surface area contributed by atoms with Crippen LogP contribution in [-0.2, 0) is 0 Å². The van der Waals surface area contributed by atoms with Gasteiger partial charge in [-0.05, 0) is 24.3 Å². The molecule has 0 atom stereocenters. The first-order valence-electron chi connectivity index (χ1n) is 7.72. The summed E-state index contributed by atoms with van der Waals surface area (Å²) in [5, 5.41) is 6.54. The van der Waals surface area contributed by atoms with E-state index in [-0.39, 0.29) is 11.3 Å². The average molecular weight is 379 g/mol. The van der Waals surface area contributed by atoms with Gasteiger partial charge in [0.15, 0.2) is 18.2 Å². The lowest BCUT2D eigenvalue weighted by Gasteiger charge is -2.11. The standard InChI is InChI=1S/C18H13F4N3O2/c19-15-8-13(6-7-16(15)27-11-18(20,21)22)24-17(26)12-9-23-25(10-12)14-4-2-1-3-5-14/h1-10H,11H2,(H,24,26). The topological polar surface area (TPSA) is 56.1 Å². The minimum absolute atomic E-state index is 0.0734. The predicted octanol–water partition coefficient (Wildman–Crippen LogP) is 4.20. The number of ether oxygens (including phenoxy) is 1. The summed E-state index contributed by atoms with van der Waals surface area (Å²) < 4.78 is 56.1. The number of nitrogens with one attached hydrogen (secondary N) is 1. The summed E-state index contributed by atoms with van der Waals surface area (Å²) >= 11 is 0. The molecule has 0 saturated carbocycles. The van der Waals surface area contributed by atoms with Gasteiger partial charge >= 0.3 is 6.18 Å². The Bertz CT molecular complexity index is 939. The van der Waals surface area contributed by atoms with Crippen molar-refractivity contribution >= 4 is 11.6 Å². The first kappa shape index (κ1) is 18.4. The van der Waals surface area contributed by atoms with Gasteiger partial charge in [0.1, 0.15) is 0 Å². The number of anilines is 1. The van der Waals surface area contributed by atoms with E-state index in [9.17, 15) is 22.4 Å². The maximum absolute atomic E-state index is 13.8. The molecule has 1 aromatic heterocycles. The largest absolute Gasteiger partial charge is 0.481 e. The van der Waals surface area contributed by atoms with E-state index < -0.39 is 30.3 Å². The quantitative estimate of drug-likeness (QED) is 0.676. The van der Waals surface area contributed by atoms with Crippen LogP contribution in [0.4, 0.5) is 23.2 Å². The van der Waals surface area contributed by atoms with Crippen molar-refractivity contribution in [3.05, 3.63) is 72.3 Å². The van der Waals surface area contributed by atoms with Gasteiger partial charge in [-0.1, -0.05) is 18.2 Å². The second-order valence-corrected chi connectivity index (χ2v) is 5.51. The lowest BCUT2D eigenvalue weighted by molar-refractivity contribution is -0.153. The second kappa shape index (κ2) is 7.48. The normalized spacial score (nSPS) is 11.3. The summed E-state index contributed by atoms with van der Waals surface area (Å²) in [5.74, 6) is -2.11. The molecule has 5 nitrogen and oxygen atoms in total. The van der Waals surface area contributed by atoms with Gasteiger partial charge in [-0.2, -0.15) is 18.3 Å².